The van der Waals surface area contributed by atoms with Crippen LogP contribution in [0.3, 0.4) is 0 Å². The lowest BCUT2D eigenvalue weighted by Crippen LogP contribution is -2.17. The van der Waals surface area contributed by atoms with E-state index in [0.29, 0.717) is 0 Å². The Bertz CT molecular complexity index is 2560. The van der Waals surface area contributed by atoms with Gasteiger partial charge in [-0.2, -0.15) is 0 Å². The molecule has 0 fully saturated rings. The van der Waals surface area contributed by atoms with E-state index in [4.69, 9.17) is 0 Å². The van der Waals surface area contributed by atoms with Gasteiger partial charge in [0.1, 0.15) is 0 Å². The number of H-pyrrole nitrogens is 1. The molecule has 2 heteroatoms. The number of aromatic nitrogens is 1. The number of hydrogen-bond acceptors (Lipinski definition) is 1. The van der Waals surface area contributed by atoms with Crippen molar-refractivity contribution in [2.75, 3.05) is 0 Å². The molecule has 8 aromatic rings. The number of aromatic amines is 1. The fourth-order valence-corrected chi connectivity index (χ4v) is 8.04. The Morgan fingerprint density at radius 2 is 1.24 bits per heavy atom. The third-order valence-corrected chi connectivity index (χ3v) is 10.2. The molecule has 1 aliphatic carbocycles. The molecule has 0 radical (unpaired) electrons. The zero-order valence-electron chi connectivity index (χ0n) is 24.6. The highest BCUT2D eigenvalue weighted by Crippen LogP contribution is 2.39. The van der Waals surface area contributed by atoms with Crippen molar-refractivity contribution in [3.63, 3.8) is 0 Å². The minimum Gasteiger partial charge on any atom is -0.354 e. The summed E-state index contributed by atoms with van der Waals surface area (Å²) in [5.74, 6) is 0. The monoisotopic (exact) mass is 591 g/mol. The summed E-state index contributed by atoms with van der Waals surface area (Å²) in [7, 11) is 0. The molecule has 0 saturated heterocycles. The maximum atomic E-state index is 3.75. The van der Waals surface area contributed by atoms with Crippen molar-refractivity contribution >= 4 is 55.4 Å². The van der Waals surface area contributed by atoms with Gasteiger partial charge < -0.3 is 4.98 Å². The van der Waals surface area contributed by atoms with Crippen LogP contribution in [0.1, 0.15) is 6.42 Å². The fraction of sp³-hybridized carbons (Fsp3) is 0.0233. The molecule has 1 nitrogen and oxygen atoms in total. The van der Waals surface area contributed by atoms with Crippen molar-refractivity contribution in [3.8, 4) is 44.5 Å². The van der Waals surface area contributed by atoms with Crippen LogP contribution >= 0.6 is 11.3 Å². The largest absolute Gasteiger partial charge is 0.354 e. The van der Waals surface area contributed by atoms with Crippen molar-refractivity contribution in [2.45, 2.75) is 6.42 Å². The second-order valence-corrected chi connectivity index (χ2v) is 12.8. The molecule has 212 valence electrons. The minimum atomic E-state index is 0.983. The summed E-state index contributed by atoms with van der Waals surface area (Å²) in [4.78, 5) is 3.75. The first kappa shape index (κ1) is 26.0. The number of fused-ring (bicyclic) bond motifs is 6. The molecule has 0 aliphatic heterocycles. The Hall–Kier alpha value is -5.44. The molecule has 9 rings (SSSR count). The summed E-state index contributed by atoms with van der Waals surface area (Å²) in [6.07, 6.45) is 10.0. The molecule has 6 aromatic carbocycles. The number of nitrogens with one attached hydrogen (secondary N) is 1. The van der Waals surface area contributed by atoms with Crippen molar-refractivity contribution in [1.29, 1.82) is 0 Å². The number of hydrogen-bond donors (Lipinski definition) is 1. The normalized spacial score (nSPS) is 12.6. The molecule has 0 atom stereocenters. The molecule has 1 N–H and O–H groups in total. The number of thiophene rings is 1. The molecular weight excluding hydrogens is 563 g/mol. The van der Waals surface area contributed by atoms with Crippen LogP contribution in [0.4, 0.5) is 0 Å². The van der Waals surface area contributed by atoms with Gasteiger partial charge >= 0.3 is 0 Å². The quantitative estimate of drug-likeness (QED) is 0.210. The Labute approximate surface area is 265 Å². The van der Waals surface area contributed by atoms with Crippen molar-refractivity contribution < 1.29 is 0 Å². The smallest absolute Gasteiger partial charge is 0.0544 e. The molecule has 0 unspecified atom stereocenters. The van der Waals surface area contributed by atoms with Crippen LogP contribution in [-0.4, -0.2) is 4.98 Å². The summed E-state index contributed by atoms with van der Waals surface area (Å²) in [6, 6.07) is 48.7. The van der Waals surface area contributed by atoms with E-state index in [1.54, 1.807) is 0 Å². The Kier molecular flexibility index (Phi) is 6.14. The van der Waals surface area contributed by atoms with Crippen molar-refractivity contribution in [2.24, 2.45) is 0 Å². The number of benzene rings is 6. The Morgan fingerprint density at radius 1 is 0.533 bits per heavy atom. The van der Waals surface area contributed by atoms with E-state index in [1.807, 2.05) is 11.3 Å². The third-order valence-electron chi connectivity index (χ3n) is 9.02. The summed E-state index contributed by atoms with van der Waals surface area (Å²) in [5, 5.41) is 5.19. The minimum absolute atomic E-state index is 0.983. The lowest BCUT2D eigenvalue weighted by molar-refractivity contribution is 1.50. The van der Waals surface area contributed by atoms with E-state index < -0.39 is 0 Å². The molecule has 2 aromatic heterocycles. The molecule has 0 bridgehead atoms. The summed E-state index contributed by atoms with van der Waals surface area (Å²) in [5.41, 5.74) is 12.2. The van der Waals surface area contributed by atoms with Gasteiger partial charge in [-0.25, -0.2) is 0 Å². The lowest BCUT2D eigenvalue weighted by Gasteiger charge is -2.12. The molecule has 0 amide bonds. The average Bonchev–Trinajstić information content (AvgIpc) is 3.57. The summed E-state index contributed by atoms with van der Waals surface area (Å²) < 4.78 is 2.71. The van der Waals surface area contributed by atoms with Crippen LogP contribution in [-0.2, 0) is 0 Å². The highest BCUT2D eigenvalue weighted by atomic mass is 32.1. The second-order valence-electron chi connectivity index (χ2n) is 11.7. The van der Waals surface area contributed by atoms with E-state index in [2.05, 4.69) is 163 Å². The molecule has 0 saturated carbocycles. The maximum Gasteiger partial charge on any atom is 0.0544 e. The number of rotatable bonds is 4. The van der Waals surface area contributed by atoms with Crippen LogP contribution in [0.25, 0.3) is 88.6 Å². The molecule has 0 spiro atoms. The second kappa shape index (κ2) is 10.6. The van der Waals surface area contributed by atoms with Gasteiger partial charge in [-0.3, -0.25) is 0 Å². The van der Waals surface area contributed by atoms with Gasteiger partial charge in [0.25, 0.3) is 0 Å². The highest BCUT2D eigenvalue weighted by Gasteiger charge is 2.15. The number of para-hydroxylation sites is 1. The average molecular weight is 592 g/mol. The van der Waals surface area contributed by atoms with Gasteiger partial charge in [-0.15, -0.1) is 11.3 Å². The van der Waals surface area contributed by atoms with Crippen molar-refractivity contribution in [3.05, 3.63) is 155 Å². The van der Waals surface area contributed by atoms with Crippen LogP contribution in [0, 0.1) is 0 Å². The summed E-state index contributed by atoms with van der Waals surface area (Å²) in [6.45, 7) is 0. The first-order chi connectivity index (χ1) is 22.3. The van der Waals surface area contributed by atoms with E-state index in [0.717, 1.165) is 11.9 Å². The van der Waals surface area contributed by atoms with Gasteiger partial charge in [0, 0.05) is 41.7 Å². The third kappa shape index (κ3) is 4.46. The van der Waals surface area contributed by atoms with Crippen LogP contribution in [0.2, 0.25) is 0 Å². The van der Waals surface area contributed by atoms with Gasteiger partial charge in [-0.05, 0) is 81.8 Å². The maximum absolute atomic E-state index is 3.75. The predicted molar refractivity (Wildman–Crippen MR) is 195 cm³/mol. The van der Waals surface area contributed by atoms with Crippen molar-refractivity contribution in [1.82, 2.24) is 4.98 Å². The van der Waals surface area contributed by atoms with E-state index in [-0.39, 0.29) is 0 Å². The number of allylic oxidation sites excluding steroid dienone is 2. The van der Waals surface area contributed by atoms with Gasteiger partial charge in [0.2, 0.25) is 0 Å². The molecular formula is C43H29NS. The van der Waals surface area contributed by atoms with Gasteiger partial charge in [0.15, 0.2) is 0 Å². The predicted octanol–water partition coefficient (Wildman–Crippen LogP) is 10.7. The van der Waals surface area contributed by atoms with Gasteiger partial charge in [0.05, 0.1) is 5.52 Å². The zero-order valence-corrected chi connectivity index (χ0v) is 25.4. The first-order valence-corrected chi connectivity index (χ1v) is 16.3. The highest BCUT2D eigenvalue weighted by molar-refractivity contribution is 7.17. The van der Waals surface area contributed by atoms with Crippen LogP contribution in [0.5, 0.6) is 0 Å². The first-order valence-electron chi connectivity index (χ1n) is 15.5. The lowest BCUT2D eigenvalue weighted by atomic mass is 9.92. The summed E-state index contributed by atoms with van der Waals surface area (Å²) >= 11 is 1.89. The standard InChI is InChI=1S/C43H29NS/c1-3-12-28(13-4-1)33-26-37(43-38(27-33)35-18-7-8-21-39(35)44-43)32-17-10-15-30(25-32)29-14-9-16-31(24-29)34-20-11-23-41-42(34)36-19-5-2-6-22-40(36)45-41/h1-5,7-27,44H,6H2. The van der Waals surface area contributed by atoms with Crippen LogP contribution < -0.4 is 9.75 Å². The molecule has 1 aliphatic rings. The SMILES string of the molecule is C1=CCC=c2sc3cccc(-c4cccc(-c5cccc(-c6cc(-c7ccccc7)cc7c6[nH]c6ccccc67)c5)c4)c3c2=C1. The van der Waals surface area contributed by atoms with Crippen LogP contribution in [0.15, 0.2) is 146 Å². The Balaban J connectivity index is 1.21. The Morgan fingerprint density at radius 3 is 2.09 bits per heavy atom. The van der Waals surface area contributed by atoms with Gasteiger partial charge in [-0.1, -0.05) is 121 Å². The van der Waals surface area contributed by atoms with E-state index in [1.165, 1.54) is 80.6 Å². The van der Waals surface area contributed by atoms with E-state index >= 15 is 0 Å². The fourth-order valence-electron chi connectivity index (χ4n) is 6.87. The van der Waals surface area contributed by atoms with E-state index in [9.17, 15) is 0 Å². The molecule has 2 heterocycles. The topological polar surface area (TPSA) is 15.8 Å². The molecule has 45 heavy (non-hydrogen) atoms. The zero-order chi connectivity index (χ0) is 29.7.